The summed E-state index contributed by atoms with van der Waals surface area (Å²) in [6, 6.07) is 9.48. The number of aryl methyl sites for hydroxylation is 2. The molecule has 0 aliphatic rings. The van der Waals surface area contributed by atoms with Gasteiger partial charge in [0.2, 0.25) is 5.91 Å². The molecule has 0 saturated heterocycles. The summed E-state index contributed by atoms with van der Waals surface area (Å²) in [6.07, 6.45) is 2.82. The van der Waals surface area contributed by atoms with Crippen LogP contribution in [0, 0.1) is 6.92 Å². The van der Waals surface area contributed by atoms with Gasteiger partial charge in [-0.3, -0.25) is 9.48 Å². The Morgan fingerprint density at radius 1 is 1.32 bits per heavy atom. The van der Waals surface area contributed by atoms with Crippen molar-refractivity contribution in [3.8, 4) is 0 Å². The molecule has 1 unspecified atom stereocenters. The number of rotatable bonds is 4. The van der Waals surface area contributed by atoms with Crippen molar-refractivity contribution in [3.05, 3.63) is 47.8 Å². The van der Waals surface area contributed by atoms with E-state index >= 15 is 0 Å². The molecule has 2 rings (SSSR count). The van der Waals surface area contributed by atoms with Gasteiger partial charge in [-0.15, -0.1) is 0 Å². The van der Waals surface area contributed by atoms with Crippen LogP contribution in [-0.4, -0.2) is 15.7 Å². The number of carbonyl (C=O) groups excluding carboxylic acids is 1. The minimum absolute atomic E-state index is 0.0626. The van der Waals surface area contributed by atoms with Gasteiger partial charge in [-0.1, -0.05) is 19.1 Å². The normalized spacial score (nSPS) is 12.2. The number of hydrogen-bond acceptors (Lipinski definition) is 2. The van der Waals surface area contributed by atoms with E-state index in [9.17, 15) is 4.79 Å². The number of hydrogen-bond donors (Lipinski definition) is 1. The lowest BCUT2D eigenvalue weighted by Gasteiger charge is -2.13. The van der Waals surface area contributed by atoms with Crippen molar-refractivity contribution in [1.82, 2.24) is 9.78 Å². The molecule has 2 aromatic rings. The fourth-order valence-corrected chi connectivity index (χ4v) is 1.84. The summed E-state index contributed by atoms with van der Waals surface area (Å²) in [7, 11) is 0. The number of nitrogens with one attached hydrogen (secondary N) is 1. The highest BCUT2D eigenvalue weighted by atomic mass is 16.2. The van der Waals surface area contributed by atoms with Crippen LogP contribution in [0.15, 0.2) is 36.5 Å². The van der Waals surface area contributed by atoms with Crippen LogP contribution in [0.5, 0.6) is 0 Å². The summed E-state index contributed by atoms with van der Waals surface area (Å²) < 4.78 is 1.67. The Hall–Kier alpha value is -2.10. The molecular weight excluding hydrogens is 238 g/mol. The summed E-state index contributed by atoms with van der Waals surface area (Å²) in [5, 5.41) is 7.16. The molecule has 100 valence electrons. The van der Waals surface area contributed by atoms with Crippen molar-refractivity contribution >= 4 is 11.6 Å². The molecule has 1 aromatic carbocycles. The summed E-state index contributed by atoms with van der Waals surface area (Å²) in [5.74, 6) is -0.0626. The maximum Gasteiger partial charge on any atom is 0.248 e. The van der Waals surface area contributed by atoms with E-state index in [0.29, 0.717) is 0 Å². The fourth-order valence-electron chi connectivity index (χ4n) is 1.84. The minimum atomic E-state index is -0.320. The zero-order valence-corrected chi connectivity index (χ0v) is 11.6. The van der Waals surface area contributed by atoms with Crippen molar-refractivity contribution in [2.75, 3.05) is 5.32 Å². The Morgan fingerprint density at radius 3 is 2.53 bits per heavy atom. The predicted molar refractivity (Wildman–Crippen MR) is 76.1 cm³/mol. The van der Waals surface area contributed by atoms with Gasteiger partial charge < -0.3 is 5.32 Å². The van der Waals surface area contributed by atoms with E-state index in [2.05, 4.69) is 17.3 Å². The van der Waals surface area contributed by atoms with Crippen LogP contribution in [0.25, 0.3) is 0 Å². The first-order valence-corrected chi connectivity index (χ1v) is 6.51. The molecule has 0 radical (unpaired) electrons. The number of benzene rings is 1. The van der Waals surface area contributed by atoms with Gasteiger partial charge in [0.1, 0.15) is 6.04 Å². The third-order valence-electron chi connectivity index (χ3n) is 3.15. The largest absolute Gasteiger partial charge is 0.324 e. The SMILES string of the molecule is CCc1ccc(NC(=O)C(C)n2ccc(C)n2)cc1. The lowest BCUT2D eigenvalue weighted by Crippen LogP contribution is -2.24. The standard InChI is InChI=1S/C15H19N3O/c1-4-13-5-7-14(8-6-13)16-15(19)12(3)18-10-9-11(2)17-18/h5-10,12H,4H2,1-3H3,(H,16,19). The molecule has 1 aromatic heterocycles. The van der Waals surface area contributed by atoms with Crippen molar-refractivity contribution < 1.29 is 4.79 Å². The van der Waals surface area contributed by atoms with E-state index in [1.807, 2.05) is 50.4 Å². The monoisotopic (exact) mass is 257 g/mol. The molecule has 4 nitrogen and oxygen atoms in total. The van der Waals surface area contributed by atoms with Gasteiger partial charge in [-0.25, -0.2) is 0 Å². The highest BCUT2D eigenvalue weighted by Gasteiger charge is 2.15. The molecule has 0 saturated carbocycles. The summed E-state index contributed by atoms with van der Waals surface area (Å²) in [5.41, 5.74) is 2.98. The first-order chi connectivity index (χ1) is 9.10. The highest BCUT2D eigenvalue weighted by Crippen LogP contribution is 2.13. The van der Waals surface area contributed by atoms with Crippen LogP contribution in [0.3, 0.4) is 0 Å². The predicted octanol–water partition coefficient (Wildman–Crippen LogP) is 2.95. The first-order valence-electron chi connectivity index (χ1n) is 6.51. The topological polar surface area (TPSA) is 46.9 Å². The quantitative estimate of drug-likeness (QED) is 0.915. The van der Waals surface area contributed by atoms with Gasteiger partial charge in [0, 0.05) is 11.9 Å². The number of nitrogens with zero attached hydrogens (tertiary/aromatic N) is 2. The molecule has 1 N–H and O–H groups in total. The Balaban J connectivity index is 2.03. The first kappa shape index (κ1) is 13.3. The Morgan fingerprint density at radius 2 is 2.00 bits per heavy atom. The summed E-state index contributed by atoms with van der Waals surface area (Å²) >= 11 is 0. The van der Waals surface area contributed by atoms with Crippen LogP contribution in [-0.2, 0) is 11.2 Å². The molecule has 0 spiro atoms. The highest BCUT2D eigenvalue weighted by molar-refractivity contribution is 5.93. The minimum Gasteiger partial charge on any atom is -0.324 e. The number of amides is 1. The van der Waals surface area contributed by atoms with Crippen molar-refractivity contribution in [1.29, 1.82) is 0 Å². The van der Waals surface area contributed by atoms with Crippen LogP contribution >= 0.6 is 0 Å². The van der Waals surface area contributed by atoms with Gasteiger partial charge in [0.05, 0.1) is 5.69 Å². The van der Waals surface area contributed by atoms with Gasteiger partial charge in [0.15, 0.2) is 0 Å². The molecule has 4 heteroatoms. The van der Waals surface area contributed by atoms with Crippen LogP contribution in [0.2, 0.25) is 0 Å². The van der Waals surface area contributed by atoms with E-state index in [4.69, 9.17) is 0 Å². The Labute approximate surface area is 113 Å². The van der Waals surface area contributed by atoms with Crippen LogP contribution in [0.4, 0.5) is 5.69 Å². The van der Waals surface area contributed by atoms with Crippen LogP contribution < -0.4 is 5.32 Å². The van der Waals surface area contributed by atoms with Crippen LogP contribution in [0.1, 0.15) is 31.1 Å². The molecule has 1 heterocycles. The molecule has 0 aliphatic carbocycles. The molecule has 1 amide bonds. The molecule has 0 fully saturated rings. The maximum absolute atomic E-state index is 12.1. The van der Waals surface area contributed by atoms with Gasteiger partial charge >= 0.3 is 0 Å². The molecule has 19 heavy (non-hydrogen) atoms. The van der Waals surface area contributed by atoms with E-state index in [1.165, 1.54) is 5.56 Å². The zero-order valence-electron chi connectivity index (χ0n) is 11.6. The number of aromatic nitrogens is 2. The van der Waals surface area contributed by atoms with E-state index in [1.54, 1.807) is 4.68 Å². The van der Waals surface area contributed by atoms with Crippen molar-refractivity contribution in [2.24, 2.45) is 0 Å². The van der Waals surface area contributed by atoms with Gasteiger partial charge in [0.25, 0.3) is 0 Å². The molecular formula is C15H19N3O. The number of carbonyl (C=O) groups is 1. The van der Waals surface area contributed by atoms with Gasteiger partial charge in [-0.05, 0) is 44.0 Å². The fraction of sp³-hybridized carbons (Fsp3) is 0.333. The summed E-state index contributed by atoms with van der Waals surface area (Å²) in [4.78, 5) is 12.1. The lowest BCUT2D eigenvalue weighted by molar-refractivity contribution is -0.119. The van der Waals surface area contributed by atoms with E-state index in [-0.39, 0.29) is 11.9 Å². The van der Waals surface area contributed by atoms with E-state index in [0.717, 1.165) is 17.8 Å². The Bertz CT molecular complexity index is 557. The average Bonchev–Trinajstić information content (AvgIpc) is 2.85. The third-order valence-corrected chi connectivity index (χ3v) is 3.15. The maximum atomic E-state index is 12.1. The number of anilines is 1. The summed E-state index contributed by atoms with van der Waals surface area (Å²) in [6.45, 7) is 5.85. The molecule has 1 atom stereocenters. The second kappa shape index (κ2) is 5.69. The van der Waals surface area contributed by atoms with Crippen molar-refractivity contribution in [2.45, 2.75) is 33.2 Å². The van der Waals surface area contributed by atoms with Crippen molar-refractivity contribution in [3.63, 3.8) is 0 Å². The second-order valence-electron chi connectivity index (χ2n) is 4.65. The van der Waals surface area contributed by atoms with Gasteiger partial charge in [-0.2, -0.15) is 5.10 Å². The lowest BCUT2D eigenvalue weighted by atomic mass is 10.1. The molecule has 0 bridgehead atoms. The average molecular weight is 257 g/mol. The smallest absolute Gasteiger partial charge is 0.248 e. The van der Waals surface area contributed by atoms with E-state index < -0.39 is 0 Å². The zero-order chi connectivity index (χ0) is 13.8. The second-order valence-corrected chi connectivity index (χ2v) is 4.65. The molecule has 0 aliphatic heterocycles. The third kappa shape index (κ3) is 3.22. The Kier molecular flexibility index (Phi) is 4.00.